The Bertz CT molecular complexity index is 1360. The lowest BCUT2D eigenvalue weighted by molar-refractivity contribution is -0.146. The third-order valence-corrected chi connectivity index (χ3v) is 5.19. The van der Waals surface area contributed by atoms with Crippen LogP contribution in [0, 0.1) is 0 Å². The highest BCUT2D eigenvalue weighted by atomic mass is 19.4. The first-order valence-electron chi connectivity index (χ1n) is 10.9. The van der Waals surface area contributed by atoms with Crippen LogP contribution in [0.1, 0.15) is 27.8 Å². The fourth-order valence-corrected chi connectivity index (χ4v) is 3.32. The third-order valence-electron chi connectivity index (χ3n) is 5.19. The quantitative estimate of drug-likeness (QED) is 0.318. The topological polar surface area (TPSA) is 129 Å². The number of nitrogens with zero attached hydrogens (tertiary/aromatic N) is 5. The van der Waals surface area contributed by atoms with Gasteiger partial charge in [-0.2, -0.15) is 23.1 Å². The molecule has 3 N–H and O–H groups in total. The van der Waals surface area contributed by atoms with E-state index in [0.29, 0.717) is 16.8 Å². The molecule has 192 valence electrons. The van der Waals surface area contributed by atoms with Gasteiger partial charge in [-0.25, -0.2) is 4.98 Å². The summed E-state index contributed by atoms with van der Waals surface area (Å²) in [4.78, 5) is 25.5. The van der Waals surface area contributed by atoms with E-state index in [9.17, 15) is 23.1 Å². The second kappa shape index (κ2) is 10.6. The number of hydrogen-bond donors (Lipinski definition) is 3. The lowest BCUT2D eigenvalue weighted by atomic mass is 10.1. The summed E-state index contributed by atoms with van der Waals surface area (Å²) in [5.74, 6) is -1.90. The molecule has 0 aliphatic heterocycles. The Balaban J connectivity index is 1.67. The first-order valence-corrected chi connectivity index (χ1v) is 10.9. The lowest BCUT2D eigenvalue weighted by Crippen LogP contribution is -2.21. The van der Waals surface area contributed by atoms with E-state index in [1.165, 1.54) is 11.1 Å². The molecule has 0 aliphatic rings. The minimum absolute atomic E-state index is 0.00913. The maximum absolute atomic E-state index is 13.0. The molecule has 0 unspecified atom stereocenters. The average molecular weight is 513 g/mol. The van der Waals surface area contributed by atoms with Gasteiger partial charge in [0.25, 0.3) is 17.6 Å². The van der Waals surface area contributed by atoms with Gasteiger partial charge in [0.2, 0.25) is 5.95 Å². The Morgan fingerprint density at radius 1 is 1.08 bits per heavy atom. The Morgan fingerprint density at radius 3 is 2.38 bits per heavy atom. The van der Waals surface area contributed by atoms with Crippen LogP contribution in [0.4, 0.5) is 30.6 Å². The van der Waals surface area contributed by atoms with Crippen LogP contribution in [0.2, 0.25) is 0 Å². The van der Waals surface area contributed by atoms with E-state index >= 15 is 0 Å². The number of carbonyl (C=O) groups is 1. The minimum Gasteiger partial charge on any atom is -0.394 e. The molecule has 0 aliphatic carbocycles. The van der Waals surface area contributed by atoms with Crippen molar-refractivity contribution >= 4 is 23.4 Å². The van der Waals surface area contributed by atoms with E-state index in [1.54, 1.807) is 62.6 Å². The summed E-state index contributed by atoms with van der Waals surface area (Å²) in [6, 6.07) is 14.9. The fraction of sp³-hybridized carbons (Fsp3) is 0.208. The fourth-order valence-electron chi connectivity index (χ4n) is 3.32. The molecule has 13 heteroatoms. The van der Waals surface area contributed by atoms with Gasteiger partial charge in [0.05, 0.1) is 12.6 Å². The molecule has 4 rings (SSSR count). The van der Waals surface area contributed by atoms with Crippen molar-refractivity contribution in [2.24, 2.45) is 0 Å². The van der Waals surface area contributed by atoms with E-state index in [-0.39, 0.29) is 29.8 Å². The van der Waals surface area contributed by atoms with Gasteiger partial charge in [0.1, 0.15) is 11.4 Å². The second-order valence-electron chi connectivity index (χ2n) is 8.07. The Kier molecular flexibility index (Phi) is 7.34. The summed E-state index contributed by atoms with van der Waals surface area (Å²) in [7, 11) is 3.29. The molecule has 2 aromatic carbocycles. The van der Waals surface area contributed by atoms with Crippen LogP contribution >= 0.6 is 0 Å². The summed E-state index contributed by atoms with van der Waals surface area (Å²) in [5, 5.41) is 19.0. The van der Waals surface area contributed by atoms with Gasteiger partial charge in [-0.15, -0.1) is 0 Å². The number of aliphatic hydroxyl groups is 1. The Hall–Kier alpha value is -4.52. The Morgan fingerprint density at radius 2 is 1.78 bits per heavy atom. The molecule has 1 amide bonds. The Labute approximate surface area is 209 Å². The summed E-state index contributed by atoms with van der Waals surface area (Å²) in [5.41, 5.74) is 1.77. The number of alkyl halides is 3. The van der Waals surface area contributed by atoms with E-state index in [0.717, 1.165) is 0 Å². The molecule has 4 aromatic rings. The number of aliphatic hydroxyl groups excluding tert-OH is 1. The van der Waals surface area contributed by atoms with E-state index in [4.69, 9.17) is 4.52 Å². The standard InChI is InChI=1S/C24H22F3N7O3/c1-34(2)21(36)15-8-10-16(11-9-15)29-23-28-12-17(20-32-22(33-37-20)24(25,26)27)19(31-23)30-18(13-35)14-6-4-3-5-7-14/h3-12,18,35H,13H2,1-2H3,(H2,28,29,30,31)/t18-/m1/s1. The largest absolute Gasteiger partial charge is 0.455 e. The van der Waals surface area contributed by atoms with E-state index in [2.05, 4.69) is 30.7 Å². The summed E-state index contributed by atoms with van der Waals surface area (Å²) >= 11 is 0. The smallest absolute Gasteiger partial charge is 0.394 e. The molecule has 10 nitrogen and oxygen atoms in total. The number of carbonyl (C=O) groups excluding carboxylic acids is 1. The molecule has 0 saturated carbocycles. The maximum atomic E-state index is 13.0. The number of halogens is 3. The zero-order valence-electron chi connectivity index (χ0n) is 19.7. The number of benzene rings is 2. The predicted molar refractivity (Wildman–Crippen MR) is 128 cm³/mol. The molecule has 2 aromatic heterocycles. The molecule has 0 radical (unpaired) electrons. The van der Waals surface area contributed by atoms with Crippen molar-refractivity contribution in [3.8, 4) is 11.5 Å². The van der Waals surface area contributed by atoms with Crippen molar-refractivity contribution in [3.63, 3.8) is 0 Å². The number of aromatic nitrogens is 4. The van der Waals surface area contributed by atoms with Gasteiger partial charge in [-0.05, 0) is 29.8 Å². The van der Waals surface area contributed by atoms with E-state index in [1.807, 2.05) is 6.07 Å². The zero-order chi connectivity index (χ0) is 26.6. The number of nitrogens with one attached hydrogen (secondary N) is 2. The zero-order valence-corrected chi connectivity index (χ0v) is 19.7. The van der Waals surface area contributed by atoms with Crippen molar-refractivity contribution in [1.29, 1.82) is 0 Å². The maximum Gasteiger partial charge on any atom is 0.455 e. The molecule has 0 spiro atoms. The normalized spacial score (nSPS) is 12.2. The van der Waals surface area contributed by atoms with Crippen LogP contribution in [0.3, 0.4) is 0 Å². The second-order valence-corrected chi connectivity index (χ2v) is 8.07. The molecular weight excluding hydrogens is 491 g/mol. The SMILES string of the molecule is CN(C)C(=O)c1ccc(Nc2ncc(-c3nc(C(F)(F)F)no3)c(N[C@H](CO)c3ccccc3)n2)cc1. The molecular formula is C24H22F3N7O3. The van der Waals surface area contributed by atoms with Gasteiger partial charge >= 0.3 is 6.18 Å². The molecule has 37 heavy (non-hydrogen) atoms. The number of amides is 1. The predicted octanol–water partition coefficient (Wildman–Crippen LogP) is 4.14. The highest BCUT2D eigenvalue weighted by Crippen LogP contribution is 2.33. The molecule has 1 atom stereocenters. The first kappa shape index (κ1) is 25.6. The van der Waals surface area contributed by atoms with Gasteiger partial charge < -0.3 is 25.2 Å². The number of rotatable bonds is 8. The van der Waals surface area contributed by atoms with Crippen LogP contribution < -0.4 is 10.6 Å². The molecule has 0 saturated heterocycles. The van der Waals surface area contributed by atoms with Crippen molar-refractivity contribution in [3.05, 3.63) is 77.7 Å². The van der Waals surface area contributed by atoms with Crippen molar-refractivity contribution in [2.45, 2.75) is 12.2 Å². The van der Waals surface area contributed by atoms with E-state index < -0.39 is 23.9 Å². The van der Waals surface area contributed by atoms with Crippen LogP contribution in [0.15, 0.2) is 65.3 Å². The van der Waals surface area contributed by atoms with Gasteiger partial charge in [0, 0.05) is 31.5 Å². The van der Waals surface area contributed by atoms with Gasteiger partial charge in [-0.1, -0.05) is 35.5 Å². The molecule has 0 bridgehead atoms. The van der Waals surface area contributed by atoms with Crippen molar-refractivity contribution < 1.29 is 27.6 Å². The lowest BCUT2D eigenvalue weighted by Gasteiger charge is -2.19. The highest BCUT2D eigenvalue weighted by molar-refractivity contribution is 5.94. The average Bonchev–Trinajstić information content (AvgIpc) is 3.39. The van der Waals surface area contributed by atoms with Gasteiger partial charge in [0.15, 0.2) is 0 Å². The third kappa shape index (κ3) is 6.01. The monoisotopic (exact) mass is 513 g/mol. The van der Waals surface area contributed by atoms with Crippen LogP contribution in [-0.2, 0) is 6.18 Å². The van der Waals surface area contributed by atoms with Crippen molar-refractivity contribution in [1.82, 2.24) is 25.0 Å². The van der Waals surface area contributed by atoms with Crippen LogP contribution in [-0.4, -0.2) is 56.7 Å². The summed E-state index contributed by atoms with van der Waals surface area (Å²) in [6.07, 6.45) is -3.57. The summed E-state index contributed by atoms with van der Waals surface area (Å²) < 4.78 is 43.9. The summed E-state index contributed by atoms with van der Waals surface area (Å²) in [6.45, 7) is -0.338. The molecule has 0 fully saturated rings. The number of hydrogen-bond acceptors (Lipinski definition) is 9. The van der Waals surface area contributed by atoms with Gasteiger partial charge in [-0.3, -0.25) is 4.79 Å². The first-order chi connectivity index (χ1) is 17.7. The number of anilines is 3. The van der Waals surface area contributed by atoms with Crippen LogP contribution in [0.25, 0.3) is 11.5 Å². The highest BCUT2D eigenvalue weighted by Gasteiger charge is 2.37. The van der Waals surface area contributed by atoms with Crippen molar-refractivity contribution in [2.75, 3.05) is 31.3 Å². The minimum atomic E-state index is -4.80. The van der Waals surface area contributed by atoms with Crippen LogP contribution in [0.5, 0.6) is 0 Å². The molecule has 2 heterocycles.